The smallest absolute Gasteiger partial charge is 0.0738 e. The highest BCUT2D eigenvalue weighted by Gasteiger charge is 2.50. The van der Waals surface area contributed by atoms with E-state index < -0.39 is 5.60 Å². The van der Waals surface area contributed by atoms with Gasteiger partial charge in [0.2, 0.25) is 0 Å². The van der Waals surface area contributed by atoms with Crippen molar-refractivity contribution in [2.45, 2.75) is 58.1 Å². The Balaban J connectivity index is 1.88. The molecule has 0 aliphatic heterocycles. The average Bonchev–Trinajstić information content (AvgIpc) is 2.98. The van der Waals surface area contributed by atoms with Gasteiger partial charge in [0, 0.05) is 13.0 Å². The molecule has 0 aromatic carbocycles. The number of hydrogen-bond donors (Lipinski definition) is 1. The summed E-state index contributed by atoms with van der Waals surface area (Å²) in [6.45, 7) is 4.99. The number of aromatic nitrogens is 2. The van der Waals surface area contributed by atoms with Gasteiger partial charge in [-0.05, 0) is 67.3 Å². The molecule has 1 aromatic heterocycles. The first-order chi connectivity index (χ1) is 8.53. The standard InChI is InChI=1S/C14H21BrN2O/c1-3-17-12(13(15)9(2)16-17)8-14(18)7-10-4-5-11(14)6-10/h10-11,18H,3-8H2,1-2H3. The number of hydrogen-bond acceptors (Lipinski definition) is 2. The van der Waals surface area contributed by atoms with Crippen LogP contribution in [0.25, 0.3) is 0 Å². The third kappa shape index (κ3) is 1.85. The second-order valence-electron chi connectivity index (χ2n) is 6.02. The molecule has 2 fully saturated rings. The van der Waals surface area contributed by atoms with Crippen molar-refractivity contribution in [1.82, 2.24) is 9.78 Å². The molecule has 3 unspecified atom stereocenters. The third-order valence-electron chi connectivity index (χ3n) is 4.87. The van der Waals surface area contributed by atoms with Crippen LogP contribution in [0, 0.1) is 18.8 Å². The van der Waals surface area contributed by atoms with Crippen molar-refractivity contribution in [2.75, 3.05) is 0 Å². The molecule has 1 N–H and O–H groups in total. The van der Waals surface area contributed by atoms with Gasteiger partial charge in [-0.1, -0.05) is 0 Å². The van der Waals surface area contributed by atoms with Crippen molar-refractivity contribution in [2.24, 2.45) is 11.8 Å². The van der Waals surface area contributed by atoms with Gasteiger partial charge >= 0.3 is 0 Å². The molecule has 2 aliphatic rings. The fraction of sp³-hybridized carbons (Fsp3) is 0.786. The zero-order valence-corrected chi connectivity index (χ0v) is 12.7. The molecule has 2 saturated carbocycles. The highest BCUT2D eigenvalue weighted by Crippen LogP contribution is 2.52. The molecule has 18 heavy (non-hydrogen) atoms. The van der Waals surface area contributed by atoms with E-state index in [0.29, 0.717) is 5.92 Å². The lowest BCUT2D eigenvalue weighted by Gasteiger charge is -2.32. The molecule has 0 radical (unpaired) electrons. The van der Waals surface area contributed by atoms with Gasteiger partial charge < -0.3 is 5.11 Å². The number of aliphatic hydroxyl groups is 1. The van der Waals surface area contributed by atoms with Crippen molar-refractivity contribution < 1.29 is 5.11 Å². The monoisotopic (exact) mass is 312 g/mol. The maximum atomic E-state index is 10.9. The van der Waals surface area contributed by atoms with Crippen molar-refractivity contribution >= 4 is 15.9 Å². The molecule has 3 rings (SSSR count). The van der Waals surface area contributed by atoms with E-state index in [1.165, 1.54) is 25.0 Å². The van der Waals surface area contributed by atoms with Gasteiger partial charge in [-0.3, -0.25) is 4.68 Å². The van der Waals surface area contributed by atoms with E-state index in [1.54, 1.807) is 0 Å². The highest BCUT2D eigenvalue weighted by molar-refractivity contribution is 9.10. The molecular weight excluding hydrogens is 292 g/mol. The van der Waals surface area contributed by atoms with Gasteiger partial charge in [-0.15, -0.1) is 0 Å². The van der Waals surface area contributed by atoms with Gasteiger partial charge in [0.15, 0.2) is 0 Å². The van der Waals surface area contributed by atoms with Crippen LogP contribution in [0.15, 0.2) is 4.47 Å². The zero-order chi connectivity index (χ0) is 12.9. The predicted molar refractivity (Wildman–Crippen MR) is 74.4 cm³/mol. The van der Waals surface area contributed by atoms with E-state index in [-0.39, 0.29) is 0 Å². The minimum atomic E-state index is -0.481. The van der Waals surface area contributed by atoms with Crippen molar-refractivity contribution in [3.05, 3.63) is 15.9 Å². The van der Waals surface area contributed by atoms with Crippen LogP contribution >= 0.6 is 15.9 Å². The van der Waals surface area contributed by atoms with Crippen molar-refractivity contribution in [3.8, 4) is 0 Å². The van der Waals surface area contributed by atoms with Crippen LogP contribution in [0.2, 0.25) is 0 Å². The molecule has 3 nitrogen and oxygen atoms in total. The van der Waals surface area contributed by atoms with Crippen LogP contribution in [-0.2, 0) is 13.0 Å². The maximum absolute atomic E-state index is 10.9. The Morgan fingerprint density at radius 2 is 2.28 bits per heavy atom. The molecule has 1 heterocycles. The van der Waals surface area contributed by atoms with Crippen molar-refractivity contribution in [1.29, 1.82) is 0 Å². The summed E-state index contributed by atoms with van der Waals surface area (Å²) in [5, 5.41) is 15.4. The molecule has 3 atom stereocenters. The number of fused-ring (bicyclic) bond motifs is 2. The summed E-state index contributed by atoms with van der Waals surface area (Å²) in [4.78, 5) is 0. The molecule has 100 valence electrons. The van der Waals surface area contributed by atoms with E-state index >= 15 is 0 Å². The van der Waals surface area contributed by atoms with Gasteiger partial charge in [0.1, 0.15) is 0 Å². The lowest BCUT2D eigenvalue weighted by molar-refractivity contribution is -0.0142. The van der Waals surface area contributed by atoms with E-state index in [9.17, 15) is 5.11 Å². The first kappa shape index (κ1) is 12.7. The molecule has 0 spiro atoms. The van der Waals surface area contributed by atoms with E-state index in [0.717, 1.165) is 35.5 Å². The van der Waals surface area contributed by atoms with E-state index in [1.807, 2.05) is 11.6 Å². The van der Waals surface area contributed by atoms with Gasteiger partial charge in [-0.2, -0.15) is 5.10 Å². The van der Waals surface area contributed by atoms with E-state index in [4.69, 9.17) is 0 Å². The zero-order valence-electron chi connectivity index (χ0n) is 11.1. The lowest BCUT2D eigenvalue weighted by atomic mass is 9.81. The highest BCUT2D eigenvalue weighted by atomic mass is 79.9. The van der Waals surface area contributed by atoms with Crippen LogP contribution in [0.5, 0.6) is 0 Å². The minimum Gasteiger partial charge on any atom is -0.389 e. The quantitative estimate of drug-likeness (QED) is 0.931. The Hall–Kier alpha value is -0.350. The minimum absolute atomic E-state index is 0.481. The molecule has 0 amide bonds. The third-order valence-corrected chi connectivity index (χ3v) is 5.90. The fourth-order valence-electron chi connectivity index (χ4n) is 3.96. The Labute approximate surface area is 117 Å². The van der Waals surface area contributed by atoms with Crippen LogP contribution in [0.1, 0.15) is 44.0 Å². The van der Waals surface area contributed by atoms with Gasteiger partial charge in [0.25, 0.3) is 0 Å². The summed E-state index contributed by atoms with van der Waals surface area (Å²) in [7, 11) is 0. The molecule has 2 bridgehead atoms. The van der Waals surface area contributed by atoms with Crippen LogP contribution in [0.3, 0.4) is 0 Å². The average molecular weight is 313 g/mol. The summed E-state index contributed by atoms with van der Waals surface area (Å²) in [5.74, 6) is 1.27. The number of nitrogens with zero attached hydrogens (tertiary/aromatic N) is 2. The predicted octanol–water partition coefficient (Wildman–Crippen LogP) is 3.07. The number of aryl methyl sites for hydroxylation is 2. The normalized spacial score (nSPS) is 34.4. The Kier molecular flexibility index (Phi) is 3.06. The van der Waals surface area contributed by atoms with Crippen LogP contribution < -0.4 is 0 Å². The second-order valence-corrected chi connectivity index (χ2v) is 6.82. The first-order valence-electron chi connectivity index (χ1n) is 6.97. The molecule has 4 heteroatoms. The SMILES string of the molecule is CCn1nc(C)c(Br)c1CC1(O)CC2CCC1C2. The Bertz CT molecular complexity index is 471. The van der Waals surface area contributed by atoms with Gasteiger partial charge in [-0.25, -0.2) is 0 Å². The Morgan fingerprint density at radius 1 is 1.50 bits per heavy atom. The Morgan fingerprint density at radius 3 is 2.83 bits per heavy atom. The summed E-state index contributed by atoms with van der Waals surface area (Å²) < 4.78 is 3.11. The van der Waals surface area contributed by atoms with E-state index in [2.05, 4.69) is 28.0 Å². The molecular formula is C14H21BrN2O. The van der Waals surface area contributed by atoms with Crippen LogP contribution in [0.4, 0.5) is 0 Å². The summed E-state index contributed by atoms with van der Waals surface area (Å²) in [5.41, 5.74) is 1.72. The lowest BCUT2D eigenvalue weighted by Crippen LogP contribution is -2.38. The fourth-order valence-corrected chi connectivity index (χ4v) is 4.38. The number of rotatable bonds is 3. The van der Waals surface area contributed by atoms with Crippen molar-refractivity contribution in [3.63, 3.8) is 0 Å². The first-order valence-corrected chi connectivity index (χ1v) is 7.77. The topological polar surface area (TPSA) is 38.0 Å². The molecule has 2 aliphatic carbocycles. The van der Waals surface area contributed by atoms with Gasteiger partial charge in [0.05, 0.1) is 21.5 Å². The van der Waals surface area contributed by atoms with Crippen LogP contribution in [-0.4, -0.2) is 20.5 Å². The maximum Gasteiger partial charge on any atom is 0.0738 e. The number of halogens is 1. The summed E-state index contributed by atoms with van der Waals surface area (Å²) in [6, 6.07) is 0. The molecule has 1 aromatic rings. The molecule has 0 saturated heterocycles. The largest absolute Gasteiger partial charge is 0.389 e. The summed E-state index contributed by atoms with van der Waals surface area (Å²) >= 11 is 3.63. The summed E-state index contributed by atoms with van der Waals surface area (Å²) in [6.07, 6.45) is 5.49. The second kappa shape index (κ2) is 4.34.